The summed E-state index contributed by atoms with van der Waals surface area (Å²) in [6.07, 6.45) is 0. The lowest BCUT2D eigenvalue weighted by Gasteiger charge is -2.02. The maximum absolute atomic E-state index is 5.29. The Bertz CT molecular complexity index is 495. The maximum Gasteiger partial charge on any atom is 0.0590 e. The Hall–Kier alpha value is -0.680. The molecule has 0 aliphatic carbocycles. The number of rotatable bonds is 7. The summed E-state index contributed by atoms with van der Waals surface area (Å²) in [6, 6.07) is 12.8. The van der Waals surface area contributed by atoms with Crippen LogP contribution in [0.25, 0.3) is 10.4 Å². The topological polar surface area (TPSA) is 21.3 Å². The average molecular weight is 340 g/mol. The molecule has 2 rings (SSSR count). The summed E-state index contributed by atoms with van der Waals surface area (Å²) in [7, 11) is 0. The first-order valence-electron chi connectivity index (χ1n) is 6.42. The maximum atomic E-state index is 5.29. The van der Waals surface area contributed by atoms with Crippen LogP contribution < -0.4 is 5.32 Å². The van der Waals surface area contributed by atoms with E-state index in [4.69, 9.17) is 4.74 Å². The Morgan fingerprint density at radius 2 is 1.95 bits per heavy atom. The molecule has 2 nitrogen and oxygen atoms in total. The molecule has 0 aliphatic heterocycles. The molecule has 0 saturated carbocycles. The second-order valence-electron chi connectivity index (χ2n) is 4.15. The summed E-state index contributed by atoms with van der Waals surface area (Å²) in [5, 5.41) is 3.39. The molecule has 0 aliphatic rings. The number of halogens is 1. The van der Waals surface area contributed by atoms with Crippen molar-refractivity contribution >= 4 is 27.3 Å². The molecule has 2 aromatic rings. The Labute approximate surface area is 126 Å². The van der Waals surface area contributed by atoms with Gasteiger partial charge in [0.05, 0.1) is 6.61 Å². The van der Waals surface area contributed by atoms with Crippen LogP contribution in [-0.4, -0.2) is 19.8 Å². The first-order valence-corrected chi connectivity index (χ1v) is 8.03. The predicted molar refractivity (Wildman–Crippen MR) is 85.7 cm³/mol. The van der Waals surface area contributed by atoms with E-state index < -0.39 is 0 Å². The SMILES string of the molecule is CCOCCNCc1ccc(-c2ccc(Br)cc2)s1. The van der Waals surface area contributed by atoms with Crippen LogP contribution in [0.1, 0.15) is 11.8 Å². The largest absolute Gasteiger partial charge is 0.380 e. The van der Waals surface area contributed by atoms with Crippen molar-refractivity contribution in [3.05, 3.63) is 45.7 Å². The molecule has 102 valence electrons. The molecule has 0 saturated heterocycles. The molecule has 0 atom stereocenters. The molecule has 4 heteroatoms. The molecular formula is C15H18BrNOS. The van der Waals surface area contributed by atoms with Gasteiger partial charge in [-0.05, 0) is 36.8 Å². The zero-order chi connectivity index (χ0) is 13.5. The zero-order valence-corrected chi connectivity index (χ0v) is 13.4. The lowest BCUT2D eigenvalue weighted by atomic mass is 10.2. The molecule has 0 radical (unpaired) electrons. The van der Waals surface area contributed by atoms with E-state index in [0.29, 0.717) is 0 Å². The van der Waals surface area contributed by atoms with Crippen molar-refractivity contribution in [3.8, 4) is 10.4 Å². The number of hydrogen-bond acceptors (Lipinski definition) is 3. The minimum Gasteiger partial charge on any atom is -0.380 e. The third-order valence-electron chi connectivity index (χ3n) is 2.72. The summed E-state index contributed by atoms with van der Waals surface area (Å²) < 4.78 is 6.41. The average Bonchev–Trinajstić information content (AvgIpc) is 2.88. The fourth-order valence-corrected chi connectivity index (χ4v) is 2.99. The predicted octanol–water partition coefficient (Wildman–Crippen LogP) is 4.30. The summed E-state index contributed by atoms with van der Waals surface area (Å²) in [5.74, 6) is 0. The van der Waals surface area contributed by atoms with Crippen molar-refractivity contribution in [2.45, 2.75) is 13.5 Å². The van der Waals surface area contributed by atoms with Crippen LogP contribution in [0.2, 0.25) is 0 Å². The van der Waals surface area contributed by atoms with Crippen LogP contribution >= 0.6 is 27.3 Å². The van der Waals surface area contributed by atoms with E-state index in [9.17, 15) is 0 Å². The van der Waals surface area contributed by atoms with Gasteiger partial charge < -0.3 is 10.1 Å². The summed E-state index contributed by atoms with van der Waals surface area (Å²) >= 11 is 5.30. The molecule has 1 aromatic heterocycles. The highest BCUT2D eigenvalue weighted by Crippen LogP contribution is 2.28. The number of hydrogen-bond donors (Lipinski definition) is 1. The van der Waals surface area contributed by atoms with Gasteiger partial charge in [0, 0.05) is 33.9 Å². The fourth-order valence-electron chi connectivity index (χ4n) is 1.74. The van der Waals surface area contributed by atoms with E-state index in [0.717, 1.165) is 30.8 Å². The van der Waals surface area contributed by atoms with Crippen molar-refractivity contribution in [1.29, 1.82) is 0 Å². The fraction of sp³-hybridized carbons (Fsp3) is 0.333. The normalized spacial score (nSPS) is 10.8. The highest BCUT2D eigenvalue weighted by atomic mass is 79.9. The number of nitrogens with one attached hydrogen (secondary N) is 1. The van der Waals surface area contributed by atoms with E-state index in [1.807, 2.05) is 18.3 Å². The van der Waals surface area contributed by atoms with Gasteiger partial charge in [-0.1, -0.05) is 28.1 Å². The smallest absolute Gasteiger partial charge is 0.0590 e. The molecule has 1 aromatic carbocycles. The van der Waals surface area contributed by atoms with Gasteiger partial charge in [-0.3, -0.25) is 0 Å². The van der Waals surface area contributed by atoms with Gasteiger partial charge in [0.15, 0.2) is 0 Å². The molecule has 1 heterocycles. The molecular weight excluding hydrogens is 322 g/mol. The summed E-state index contributed by atoms with van der Waals surface area (Å²) in [4.78, 5) is 2.67. The number of ether oxygens (including phenoxy) is 1. The van der Waals surface area contributed by atoms with Gasteiger partial charge in [0.25, 0.3) is 0 Å². The van der Waals surface area contributed by atoms with Crippen molar-refractivity contribution in [2.75, 3.05) is 19.8 Å². The molecule has 0 spiro atoms. The first-order chi connectivity index (χ1) is 9.29. The molecule has 0 fully saturated rings. The molecule has 0 amide bonds. The molecule has 19 heavy (non-hydrogen) atoms. The first kappa shape index (κ1) is 14.7. The van der Waals surface area contributed by atoms with E-state index in [1.165, 1.54) is 15.3 Å². The Morgan fingerprint density at radius 1 is 1.16 bits per heavy atom. The van der Waals surface area contributed by atoms with Crippen LogP contribution in [0.5, 0.6) is 0 Å². The Balaban J connectivity index is 1.86. The van der Waals surface area contributed by atoms with Crippen molar-refractivity contribution < 1.29 is 4.74 Å². The lowest BCUT2D eigenvalue weighted by Crippen LogP contribution is -2.18. The minimum absolute atomic E-state index is 0.779. The van der Waals surface area contributed by atoms with E-state index in [2.05, 4.69) is 57.6 Å². The van der Waals surface area contributed by atoms with Gasteiger partial charge in [-0.2, -0.15) is 0 Å². The van der Waals surface area contributed by atoms with Crippen LogP contribution in [0.3, 0.4) is 0 Å². The van der Waals surface area contributed by atoms with Crippen molar-refractivity contribution in [1.82, 2.24) is 5.32 Å². The van der Waals surface area contributed by atoms with E-state index in [-0.39, 0.29) is 0 Å². The quantitative estimate of drug-likeness (QED) is 0.759. The highest BCUT2D eigenvalue weighted by Gasteiger charge is 2.02. The second-order valence-corrected chi connectivity index (χ2v) is 6.23. The molecule has 0 unspecified atom stereocenters. The van der Waals surface area contributed by atoms with E-state index in [1.54, 1.807) is 0 Å². The van der Waals surface area contributed by atoms with Crippen molar-refractivity contribution in [2.24, 2.45) is 0 Å². The second kappa shape index (κ2) is 7.80. The summed E-state index contributed by atoms with van der Waals surface area (Å²) in [6.45, 7) is 5.40. The molecule has 0 bridgehead atoms. The van der Waals surface area contributed by atoms with Gasteiger partial charge in [0.1, 0.15) is 0 Å². The zero-order valence-electron chi connectivity index (χ0n) is 11.0. The van der Waals surface area contributed by atoms with E-state index >= 15 is 0 Å². The number of benzene rings is 1. The van der Waals surface area contributed by atoms with Crippen LogP contribution in [0.4, 0.5) is 0 Å². The Kier molecular flexibility index (Phi) is 6.04. The standard InChI is InChI=1S/C15H18BrNOS/c1-2-18-10-9-17-11-14-7-8-15(19-14)12-3-5-13(16)6-4-12/h3-8,17H,2,9-11H2,1H3. The van der Waals surface area contributed by atoms with Crippen molar-refractivity contribution in [3.63, 3.8) is 0 Å². The van der Waals surface area contributed by atoms with Gasteiger partial charge in [0.2, 0.25) is 0 Å². The lowest BCUT2D eigenvalue weighted by molar-refractivity contribution is 0.149. The Morgan fingerprint density at radius 3 is 2.68 bits per heavy atom. The highest BCUT2D eigenvalue weighted by molar-refractivity contribution is 9.10. The minimum atomic E-state index is 0.779. The summed E-state index contributed by atoms with van der Waals surface area (Å²) in [5.41, 5.74) is 1.27. The monoisotopic (exact) mass is 339 g/mol. The van der Waals surface area contributed by atoms with Gasteiger partial charge in [-0.15, -0.1) is 11.3 Å². The van der Waals surface area contributed by atoms with Gasteiger partial charge >= 0.3 is 0 Å². The third-order valence-corrected chi connectivity index (χ3v) is 4.38. The number of thiophene rings is 1. The van der Waals surface area contributed by atoms with Crippen LogP contribution in [-0.2, 0) is 11.3 Å². The van der Waals surface area contributed by atoms with Crippen LogP contribution in [0, 0.1) is 0 Å². The molecule has 1 N–H and O–H groups in total. The van der Waals surface area contributed by atoms with Gasteiger partial charge in [-0.25, -0.2) is 0 Å². The third kappa shape index (κ3) is 4.73. The van der Waals surface area contributed by atoms with Crippen LogP contribution in [0.15, 0.2) is 40.9 Å².